The van der Waals surface area contributed by atoms with Crippen LogP contribution < -0.4 is 5.32 Å². The van der Waals surface area contributed by atoms with Crippen molar-refractivity contribution in [3.63, 3.8) is 0 Å². The average molecular weight is 370 g/mol. The molecule has 6 heteroatoms. The quantitative estimate of drug-likeness (QED) is 0.706. The predicted octanol–water partition coefficient (Wildman–Crippen LogP) is 4.79. The highest BCUT2D eigenvalue weighted by molar-refractivity contribution is 9.10. The van der Waals surface area contributed by atoms with Gasteiger partial charge in [0, 0.05) is 19.4 Å². The molecular formula is C14H9BrFNOS2. The fraction of sp³-hybridized carbons (Fsp3) is 0.0714. The first-order chi connectivity index (χ1) is 9.61. The predicted molar refractivity (Wildman–Crippen MR) is 85.0 cm³/mol. The molecule has 0 bridgehead atoms. The Morgan fingerprint density at radius 3 is 2.90 bits per heavy atom. The first kappa shape index (κ1) is 13.7. The fourth-order valence-corrected chi connectivity index (χ4v) is 4.21. The summed E-state index contributed by atoms with van der Waals surface area (Å²) >= 11 is 6.27. The summed E-state index contributed by atoms with van der Waals surface area (Å²) in [4.78, 5) is 13.8. The van der Waals surface area contributed by atoms with E-state index in [1.165, 1.54) is 23.5 Å². The topological polar surface area (TPSA) is 29.1 Å². The van der Waals surface area contributed by atoms with Gasteiger partial charge in [-0.15, -0.1) is 22.7 Å². The molecule has 20 heavy (non-hydrogen) atoms. The lowest BCUT2D eigenvalue weighted by atomic mass is 10.2. The van der Waals surface area contributed by atoms with Gasteiger partial charge in [0.05, 0.1) is 11.4 Å². The summed E-state index contributed by atoms with van der Waals surface area (Å²) in [6.07, 6.45) is 0. The molecule has 1 N–H and O–H groups in total. The normalized spacial score (nSPS) is 10.9. The summed E-state index contributed by atoms with van der Waals surface area (Å²) in [6, 6.07) is 8.31. The van der Waals surface area contributed by atoms with Crippen molar-refractivity contribution in [2.45, 2.75) is 6.54 Å². The lowest BCUT2D eigenvalue weighted by Crippen LogP contribution is -2.21. The van der Waals surface area contributed by atoms with E-state index in [1.807, 2.05) is 11.4 Å². The molecule has 0 fully saturated rings. The number of nitrogens with one attached hydrogen (secondary N) is 1. The zero-order chi connectivity index (χ0) is 14.1. The Morgan fingerprint density at radius 2 is 2.15 bits per heavy atom. The van der Waals surface area contributed by atoms with E-state index < -0.39 is 0 Å². The molecule has 0 atom stereocenters. The van der Waals surface area contributed by atoms with Gasteiger partial charge in [-0.3, -0.25) is 4.79 Å². The Kier molecular flexibility index (Phi) is 3.87. The zero-order valence-corrected chi connectivity index (χ0v) is 13.4. The Bertz CT molecular complexity index is 780. The summed E-state index contributed by atoms with van der Waals surface area (Å²) in [6.45, 7) is 0.498. The van der Waals surface area contributed by atoms with E-state index in [-0.39, 0.29) is 11.7 Å². The van der Waals surface area contributed by atoms with Gasteiger partial charge < -0.3 is 5.32 Å². The Labute approximate surface area is 131 Å². The van der Waals surface area contributed by atoms with Crippen molar-refractivity contribution >= 4 is 54.6 Å². The van der Waals surface area contributed by atoms with Gasteiger partial charge >= 0.3 is 0 Å². The third-order valence-corrected chi connectivity index (χ3v) is 5.55. The van der Waals surface area contributed by atoms with Crippen molar-refractivity contribution in [3.8, 4) is 0 Å². The second-order valence-corrected chi connectivity index (χ2v) is 7.20. The molecule has 2 nitrogen and oxygen atoms in total. The molecule has 2 heterocycles. The Balaban J connectivity index is 1.75. The molecule has 1 amide bonds. The van der Waals surface area contributed by atoms with Crippen molar-refractivity contribution in [2.75, 3.05) is 0 Å². The lowest BCUT2D eigenvalue weighted by molar-refractivity contribution is 0.0955. The van der Waals surface area contributed by atoms with Crippen LogP contribution in [0.2, 0.25) is 0 Å². The molecule has 102 valence electrons. The molecule has 1 aromatic carbocycles. The van der Waals surface area contributed by atoms with Gasteiger partial charge in [-0.2, -0.15) is 0 Å². The fourth-order valence-electron chi connectivity index (χ4n) is 1.82. The number of carbonyl (C=O) groups is 1. The number of rotatable bonds is 3. The van der Waals surface area contributed by atoms with E-state index in [2.05, 4.69) is 21.2 Å². The molecule has 0 radical (unpaired) electrons. The van der Waals surface area contributed by atoms with Crippen molar-refractivity contribution in [1.82, 2.24) is 5.32 Å². The minimum atomic E-state index is -0.283. The minimum Gasteiger partial charge on any atom is -0.346 e. The molecule has 0 aliphatic carbocycles. The highest BCUT2D eigenvalue weighted by Gasteiger charge is 2.11. The lowest BCUT2D eigenvalue weighted by Gasteiger charge is -2.00. The third-order valence-electron chi connectivity index (χ3n) is 2.75. The maximum absolute atomic E-state index is 13.1. The third kappa shape index (κ3) is 2.92. The molecular weight excluding hydrogens is 361 g/mol. The van der Waals surface area contributed by atoms with E-state index in [9.17, 15) is 9.18 Å². The number of benzene rings is 1. The monoisotopic (exact) mass is 369 g/mol. The van der Waals surface area contributed by atoms with Gasteiger partial charge in [-0.25, -0.2) is 4.39 Å². The molecule has 0 aliphatic heterocycles. The van der Waals surface area contributed by atoms with Gasteiger partial charge in [0.2, 0.25) is 0 Å². The summed E-state index contributed by atoms with van der Waals surface area (Å²) in [5, 5.41) is 5.74. The molecule has 3 rings (SSSR count). The summed E-state index contributed by atoms with van der Waals surface area (Å²) in [5.41, 5.74) is 0. The second kappa shape index (κ2) is 5.63. The molecule has 3 aromatic rings. The number of thiophene rings is 2. The first-order valence-electron chi connectivity index (χ1n) is 5.82. The summed E-state index contributed by atoms with van der Waals surface area (Å²) in [7, 11) is 0. The van der Waals surface area contributed by atoms with E-state index in [4.69, 9.17) is 0 Å². The van der Waals surface area contributed by atoms with Crippen molar-refractivity contribution in [1.29, 1.82) is 0 Å². The highest BCUT2D eigenvalue weighted by atomic mass is 79.9. The van der Waals surface area contributed by atoms with E-state index >= 15 is 0 Å². The van der Waals surface area contributed by atoms with Crippen LogP contribution in [0.4, 0.5) is 4.39 Å². The summed E-state index contributed by atoms with van der Waals surface area (Å²) in [5.74, 6) is -0.411. The Morgan fingerprint density at radius 1 is 1.30 bits per heavy atom. The molecule has 2 aromatic heterocycles. The number of halogens is 2. The Hall–Kier alpha value is -1.24. The largest absolute Gasteiger partial charge is 0.346 e. The van der Waals surface area contributed by atoms with Crippen LogP contribution in [0.25, 0.3) is 10.1 Å². The van der Waals surface area contributed by atoms with Crippen LogP contribution in [0, 0.1) is 5.82 Å². The summed E-state index contributed by atoms with van der Waals surface area (Å²) < 4.78 is 14.9. The van der Waals surface area contributed by atoms with E-state index in [0.717, 1.165) is 19.4 Å². The van der Waals surface area contributed by atoms with Crippen LogP contribution in [-0.2, 0) is 6.54 Å². The van der Waals surface area contributed by atoms with Gasteiger partial charge in [0.1, 0.15) is 5.82 Å². The van der Waals surface area contributed by atoms with Crippen LogP contribution in [-0.4, -0.2) is 5.91 Å². The maximum atomic E-state index is 13.1. The van der Waals surface area contributed by atoms with Crippen LogP contribution >= 0.6 is 38.6 Å². The van der Waals surface area contributed by atoms with E-state index in [0.29, 0.717) is 11.4 Å². The number of amides is 1. The smallest absolute Gasteiger partial charge is 0.261 e. The number of carbonyl (C=O) groups excluding carboxylic acids is 1. The minimum absolute atomic E-state index is 0.129. The zero-order valence-electron chi connectivity index (χ0n) is 10.2. The molecule has 0 spiro atoms. The van der Waals surface area contributed by atoms with Gasteiger partial charge in [-0.1, -0.05) is 6.07 Å². The number of fused-ring (bicyclic) bond motifs is 1. The van der Waals surface area contributed by atoms with Crippen LogP contribution in [0.5, 0.6) is 0 Å². The van der Waals surface area contributed by atoms with Gasteiger partial charge in [0.25, 0.3) is 5.91 Å². The van der Waals surface area contributed by atoms with Crippen LogP contribution in [0.1, 0.15) is 14.5 Å². The maximum Gasteiger partial charge on any atom is 0.261 e. The molecule has 0 saturated heterocycles. The van der Waals surface area contributed by atoms with Gasteiger partial charge in [-0.05, 0) is 45.6 Å². The molecule has 0 aliphatic rings. The first-order valence-corrected chi connectivity index (χ1v) is 8.31. The molecule has 0 unspecified atom stereocenters. The van der Waals surface area contributed by atoms with E-state index in [1.54, 1.807) is 23.5 Å². The van der Waals surface area contributed by atoms with Crippen molar-refractivity contribution in [3.05, 3.63) is 55.8 Å². The van der Waals surface area contributed by atoms with Crippen LogP contribution in [0.3, 0.4) is 0 Å². The van der Waals surface area contributed by atoms with Crippen LogP contribution in [0.15, 0.2) is 40.2 Å². The molecule has 0 saturated carbocycles. The van der Waals surface area contributed by atoms with Crippen molar-refractivity contribution < 1.29 is 9.18 Å². The number of hydrogen-bond acceptors (Lipinski definition) is 3. The average Bonchev–Trinajstić information content (AvgIpc) is 3.01. The second-order valence-electron chi connectivity index (χ2n) is 4.21. The van der Waals surface area contributed by atoms with Crippen molar-refractivity contribution in [2.24, 2.45) is 0 Å². The number of hydrogen-bond donors (Lipinski definition) is 1. The standard InChI is InChI=1S/C14H9BrFNOS2/c15-9-4-11(19-7-9)6-17-14(18)13-3-8-1-2-10(16)5-12(8)20-13/h1-5,7H,6H2,(H,17,18). The highest BCUT2D eigenvalue weighted by Crippen LogP contribution is 2.26. The SMILES string of the molecule is O=C(NCc1cc(Br)cs1)c1cc2ccc(F)cc2s1. The van der Waals surface area contributed by atoms with Gasteiger partial charge in [0.15, 0.2) is 0 Å².